The van der Waals surface area contributed by atoms with Gasteiger partial charge in [0.2, 0.25) is 0 Å². The van der Waals surface area contributed by atoms with Crippen molar-refractivity contribution >= 4 is 12.5 Å². The molecular formula is C16H18BNO. The molecule has 0 radical (unpaired) electrons. The summed E-state index contributed by atoms with van der Waals surface area (Å²) in [5, 5.41) is 0. The van der Waals surface area contributed by atoms with Crippen LogP contribution in [-0.2, 0) is 4.65 Å². The van der Waals surface area contributed by atoms with Crippen LogP contribution in [0, 0.1) is 0 Å². The van der Waals surface area contributed by atoms with E-state index in [0.29, 0.717) is 6.04 Å². The van der Waals surface area contributed by atoms with Crippen molar-refractivity contribution in [2.24, 2.45) is 0 Å². The van der Waals surface area contributed by atoms with Crippen molar-refractivity contribution in [3.63, 3.8) is 0 Å². The molecule has 0 unspecified atom stereocenters. The zero-order valence-electron chi connectivity index (χ0n) is 11.4. The Morgan fingerprint density at radius 3 is 2.16 bits per heavy atom. The van der Waals surface area contributed by atoms with Gasteiger partial charge in [-0.2, -0.15) is 0 Å². The molecule has 1 saturated heterocycles. The third kappa shape index (κ3) is 2.31. The lowest BCUT2D eigenvalue weighted by Gasteiger charge is -2.20. The van der Waals surface area contributed by atoms with Gasteiger partial charge in [0.15, 0.2) is 0 Å². The quantitative estimate of drug-likeness (QED) is 0.760. The first-order chi connectivity index (χ1) is 9.27. The van der Waals surface area contributed by atoms with Crippen LogP contribution in [0.15, 0.2) is 60.7 Å². The van der Waals surface area contributed by atoms with Crippen molar-refractivity contribution in [2.75, 3.05) is 7.05 Å². The summed E-state index contributed by atoms with van der Waals surface area (Å²) in [4.78, 5) is 2.30. The molecule has 96 valence electrons. The van der Waals surface area contributed by atoms with Gasteiger partial charge in [-0.25, -0.2) is 0 Å². The summed E-state index contributed by atoms with van der Waals surface area (Å²) in [5.74, 6) is 0. The van der Waals surface area contributed by atoms with Crippen LogP contribution in [0.1, 0.15) is 18.6 Å². The summed E-state index contributed by atoms with van der Waals surface area (Å²) >= 11 is 0. The smallest absolute Gasteiger partial charge is 0.409 e. The molecule has 0 amide bonds. The highest BCUT2D eigenvalue weighted by molar-refractivity contribution is 6.65. The van der Waals surface area contributed by atoms with Gasteiger partial charge in [-0.1, -0.05) is 60.7 Å². The van der Waals surface area contributed by atoms with E-state index in [1.165, 1.54) is 11.0 Å². The van der Waals surface area contributed by atoms with E-state index in [2.05, 4.69) is 67.3 Å². The Morgan fingerprint density at radius 2 is 1.53 bits per heavy atom. The topological polar surface area (TPSA) is 12.5 Å². The Kier molecular flexibility index (Phi) is 3.41. The fraction of sp³-hybridized carbons (Fsp3) is 0.250. The summed E-state index contributed by atoms with van der Waals surface area (Å²) in [5.41, 5.74) is 2.47. The fourth-order valence-electron chi connectivity index (χ4n) is 2.71. The predicted molar refractivity (Wildman–Crippen MR) is 79.3 cm³/mol. The summed E-state index contributed by atoms with van der Waals surface area (Å²) in [6.45, 7) is 2.22. The molecule has 0 aliphatic carbocycles. The molecule has 1 aliphatic heterocycles. The first-order valence-electron chi connectivity index (χ1n) is 6.74. The van der Waals surface area contributed by atoms with E-state index in [4.69, 9.17) is 4.65 Å². The summed E-state index contributed by atoms with van der Waals surface area (Å²) in [7, 11) is 2.17. The van der Waals surface area contributed by atoms with Crippen LogP contribution in [-0.4, -0.2) is 25.0 Å². The second-order valence-electron chi connectivity index (χ2n) is 5.14. The van der Waals surface area contributed by atoms with E-state index in [1.807, 2.05) is 12.1 Å². The molecule has 0 saturated carbocycles. The predicted octanol–water partition coefficient (Wildman–Crippen LogP) is 2.47. The highest BCUT2D eigenvalue weighted by Crippen LogP contribution is 2.31. The minimum atomic E-state index is 0.0430. The number of benzene rings is 2. The maximum Gasteiger partial charge on any atom is 0.419 e. The van der Waals surface area contributed by atoms with Crippen LogP contribution in [0.3, 0.4) is 0 Å². The molecule has 0 bridgehead atoms. The lowest BCUT2D eigenvalue weighted by atomic mass is 9.72. The number of likely N-dealkylation sites (N-methyl/N-ethyl adjacent to an activating group) is 1. The standard InChI is InChI=1S/C16H18BNO/c1-13-16(14-9-5-3-6-10-14)19-17(18(13)2)15-11-7-4-8-12-15/h3-13,16H,1-2H3/t13-,16+/m1/s1. The Balaban J connectivity index is 1.88. The zero-order valence-corrected chi connectivity index (χ0v) is 11.4. The molecule has 3 rings (SSSR count). The van der Waals surface area contributed by atoms with Gasteiger partial charge in [-0.15, -0.1) is 0 Å². The van der Waals surface area contributed by atoms with E-state index in [0.717, 1.165) is 0 Å². The molecule has 2 aromatic carbocycles. The highest BCUT2D eigenvalue weighted by Gasteiger charge is 2.42. The van der Waals surface area contributed by atoms with Crippen LogP contribution in [0.25, 0.3) is 0 Å². The van der Waals surface area contributed by atoms with Crippen molar-refractivity contribution in [1.82, 2.24) is 4.81 Å². The largest absolute Gasteiger partial charge is 0.419 e. The Labute approximate surface area is 115 Å². The highest BCUT2D eigenvalue weighted by atomic mass is 16.5. The average Bonchev–Trinajstić information content (AvgIpc) is 2.77. The van der Waals surface area contributed by atoms with Gasteiger partial charge in [-0.3, -0.25) is 0 Å². The van der Waals surface area contributed by atoms with Gasteiger partial charge in [-0.05, 0) is 25.0 Å². The van der Waals surface area contributed by atoms with E-state index < -0.39 is 0 Å². The molecule has 2 atom stereocenters. The SMILES string of the molecule is C[C@@H]1[C@@H](c2ccccc2)OB(c2ccccc2)N1C. The molecule has 2 aromatic rings. The summed E-state index contributed by atoms with van der Waals surface area (Å²) in [6, 6.07) is 21.3. The third-order valence-corrected chi connectivity index (χ3v) is 3.94. The first kappa shape index (κ1) is 12.5. The van der Waals surface area contributed by atoms with E-state index in [9.17, 15) is 0 Å². The van der Waals surface area contributed by atoms with Crippen molar-refractivity contribution in [1.29, 1.82) is 0 Å². The van der Waals surface area contributed by atoms with E-state index in [1.54, 1.807) is 0 Å². The minimum Gasteiger partial charge on any atom is -0.409 e. The second-order valence-corrected chi connectivity index (χ2v) is 5.14. The van der Waals surface area contributed by atoms with Gasteiger partial charge >= 0.3 is 7.05 Å². The van der Waals surface area contributed by atoms with Gasteiger partial charge in [0.1, 0.15) is 0 Å². The number of nitrogens with zero attached hydrogens (tertiary/aromatic N) is 1. The van der Waals surface area contributed by atoms with Gasteiger partial charge < -0.3 is 9.47 Å². The summed E-state index contributed by atoms with van der Waals surface area (Å²) in [6.07, 6.45) is 0.136. The molecule has 19 heavy (non-hydrogen) atoms. The molecule has 2 nitrogen and oxygen atoms in total. The monoisotopic (exact) mass is 251 g/mol. The van der Waals surface area contributed by atoms with E-state index >= 15 is 0 Å². The van der Waals surface area contributed by atoms with Crippen molar-refractivity contribution in [3.05, 3.63) is 66.2 Å². The van der Waals surface area contributed by atoms with Crippen molar-refractivity contribution < 1.29 is 4.65 Å². The van der Waals surface area contributed by atoms with Crippen LogP contribution < -0.4 is 5.46 Å². The number of hydrogen-bond acceptors (Lipinski definition) is 2. The van der Waals surface area contributed by atoms with Crippen molar-refractivity contribution in [3.8, 4) is 0 Å². The average molecular weight is 251 g/mol. The molecule has 1 fully saturated rings. The molecule has 1 aliphatic rings. The lowest BCUT2D eigenvalue weighted by Crippen LogP contribution is -2.44. The first-order valence-corrected chi connectivity index (χ1v) is 6.74. The minimum absolute atomic E-state index is 0.0430. The third-order valence-electron chi connectivity index (χ3n) is 3.94. The Morgan fingerprint density at radius 1 is 0.947 bits per heavy atom. The summed E-state index contributed by atoms with van der Waals surface area (Å²) < 4.78 is 6.28. The zero-order chi connectivity index (χ0) is 13.2. The van der Waals surface area contributed by atoms with Gasteiger partial charge in [0, 0.05) is 6.04 Å². The maximum atomic E-state index is 6.28. The van der Waals surface area contributed by atoms with Crippen LogP contribution in [0.2, 0.25) is 0 Å². The Bertz CT molecular complexity index is 481. The Hall–Kier alpha value is -1.58. The molecule has 0 spiro atoms. The molecular weight excluding hydrogens is 233 g/mol. The number of rotatable bonds is 2. The lowest BCUT2D eigenvalue weighted by molar-refractivity contribution is 0.211. The molecule has 0 aromatic heterocycles. The second kappa shape index (κ2) is 5.20. The molecule has 0 N–H and O–H groups in total. The fourth-order valence-corrected chi connectivity index (χ4v) is 2.71. The van der Waals surface area contributed by atoms with Gasteiger partial charge in [0.25, 0.3) is 0 Å². The van der Waals surface area contributed by atoms with Crippen LogP contribution in [0.4, 0.5) is 0 Å². The van der Waals surface area contributed by atoms with E-state index in [-0.39, 0.29) is 13.2 Å². The molecule has 1 heterocycles. The normalized spacial score (nSPS) is 23.8. The van der Waals surface area contributed by atoms with Crippen LogP contribution >= 0.6 is 0 Å². The van der Waals surface area contributed by atoms with Gasteiger partial charge in [0.05, 0.1) is 6.10 Å². The molecule has 3 heteroatoms. The van der Waals surface area contributed by atoms with Crippen molar-refractivity contribution in [2.45, 2.75) is 19.1 Å². The van der Waals surface area contributed by atoms with Crippen LogP contribution in [0.5, 0.6) is 0 Å². The number of hydrogen-bond donors (Lipinski definition) is 0. The maximum absolute atomic E-state index is 6.28.